The molecule has 1 atom stereocenters. The quantitative estimate of drug-likeness (QED) is 0.748. The number of nitrogens with two attached hydrogens (primary N) is 1. The van der Waals surface area contributed by atoms with Crippen LogP contribution in [0.5, 0.6) is 0 Å². The first-order chi connectivity index (χ1) is 7.68. The summed E-state index contributed by atoms with van der Waals surface area (Å²) in [5.74, 6) is 0. The monoisotopic (exact) mass is 228 g/mol. The summed E-state index contributed by atoms with van der Waals surface area (Å²) in [5.41, 5.74) is 5.80. The van der Waals surface area contributed by atoms with Gasteiger partial charge >= 0.3 is 6.09 Å². The number of amides is 1. The summed E-state index contributed by atoms with van der Waals surface area (Å²) >= 11 is 0. The van der Waals surface area contributed by atoms with E-state index in [0.29, 0.717) is 19.8 Å². The Morgan fingerprint density at radius 3 is 2.88 bits per heavy atom. The maximum absolute atomic E-state index is 11.5. The number of hydrogen-bond donors (Lipinski definition) is 2. The minimum absolute atomic E-state index is 0.102. The first-order valence-corrected chi connectivity index (χ1v) is 5.98. The second kappa shape index (κ2) is 5.01. The molecule has 0 aromatic rings. The summed E-state index contributed by atoms with van der Waals surface area (Å²) < 4.78 is 10.3. The van der Waals surface area contributed by atoms with E-state index < -0.39 is 0 Å². The highest BCUT2D eigenvalue weighted by Gasteiger charge is 2.31. The number of nitrogens with one attached hydrogen (secondary N) is 1. The molecule has 0 bridgehead atoms. The zero-order chi connectivity index (χ0) is 11.4. The third-order valence-electron chi connectivity index (χ3n) is 3.34. The van der Waals surface area contributed by atoms with Crippen LogP contribution in [0.2, 0.25) is 0 Å². The van der Waals surface area contributed by atoms with E-state index in [9.17, 15) is 4.79 Å². The SMILES string of the molecule is NC1(COC(=O)NC2CCOC2)CCCC1. The average molecular weight is 228 g/mol. The van der Waals surface area contributed by atoms with Gasteiger partial charge in [0.05, 0.1) is 18.2 Å². The van der Waals surface area contributed by atoms with Crippen molar-refractivity contribution in [2.24, 2.45) is 5.73 Å². The van der Waals surface area contributed by atoms with Crippen LogP contribution >= 0.6 is 0 Å². The van der Waals surface area contributed by atoms with Gasteiger partial charge in [0.1, 0.15) is 6.61 Å². The maximum Gasteiger partial charge on any atom is 0.407 e. The summed E-state index contributed by atoms with van der Waals surface area (Å²) in [4.78, 5) is 11.5. The van der Waals surface area contributed by atoms with Gasteiger partial charge in [0.2, 0.25) is 0 Å². The predicted octanol–water partition coefficient (Wildman–Crippen LogP) is 0.773. The Hall–Kier alpha value is -0.810. The molecule has 5 nitrogen and oxygen atoms in total. The fourth-order valence-electron chi connectivity index (χ4n) is 2.29. The van der Waals surface area contributed by atoms with Crippen LogP contribution < -0.4 is 11.1 Å². The van der Waals surface area contributed by atoms with Gasteiger partial charge in [0.25, 0.3) is 0 Å². The van der Waals surface area contributed by atoms with Gasteiger partial charge in [-0.2, -0.15) is 0 Å². The summed E-state index contributed by atoms with van der Waals surface area (Å²) in [6, 6.07) is 0.102. The van der Waals surface area contributed by atoms with Crippen molar-refractivity contribution >= 4 is 6.09 Å². The Balaban J connectivity index is 1.66. The molecule has 2 rings (SSSR count). The first-order valence-electron chi connectivity index (χ1n) is 5.98. The second-order valence-electron chi connectivity index (χ2n) is 4.85. The molecule has 3 N–H and O–H groups in total. The topological polar surface area (TPSA) is 73.6 Å². The minimum atomic E-state index is -0.368. The number of ether oxygens (including phenoxy) is 2. The third kappa shape index (κ3) is 3.09. The summed E-state index contributed by atoms with van der Waals surface area (Å²) in [6.45, 7) is 1.63. The van der Waals surface area contributed by atoms with Crippen LogP contribution in [0.3, 0.4) is 0 Å². The Labute approximate surface area is 95.7 Å². The highest BCUT2D eigenvalue weighted by atomic mass is 16.6. The van der Waals surface area contributed by atoms with Crippen molar-refractivity contribution in [2.75, 3.05) is 19.8 Å². The van der Waals surface area contributed by atoms with Crippen molar-refractivity contribution in [3.8, 4) is 0 Å². The van der Waals surface area contributed by atoms with Crippen molar-refractivity contribution in [1.82, 2.24) is 5.32 Å². The van der Waals surface area contributed by atoms with Crippen molar-refractivity contribution in [2.45, 2.75) is 43.7 Å². The molecule has 1 saturated carbocycles. The van der Waals surface area contributed by atoms with E-state index in [1.165, 1.54) is 0 Å². The van der Waals surface area contributed by atoms with Gasteiger partial charge < -0.3 is 20.5 Å². The Kier molecular flexibility index (Phi) is 3.66. The molecule has 0 aromatic carbocycles. The Morgan fingerprint density at radius 1 is 1.50 bits per heavy atom. The van der Waals surface area contributed by atoms with Crippen LogP contribution in [0.15, 0.2) is 0 Å². The molecule has 2 aliphatic rings. The lowest BCUT2D eigenvalue weighted by molar-refractivity contribution is 0.112. The van der Waals surface area contributed by atoms with Crippen molar-refractivity contribution in [3.05, 3.63) is 0 Å². The molecule has 5 heteroatoms. The fourth-order valence-corrected chi connectivity index (χ4v) is 2.29. The number of carbonyl (C=O) groups is 1. The van der Waals surface area contributed by atoms with Crippen molar-refractivity contribution in [1.29, 1.82) is 0 Å². The minimum Gasteiger partial charge on any atom is -0.448 e. The van der Waals surface area contributed by atoms with Crippen LogP contribution in [0.25, 0.3) is 0 Å². The van der Waals surface area contributed by atoms with Crippen LogP contribution in [-0.4, -0.2) is 37.5 Å². The smallest absolute Gasteiger partial charge is 0.407 e. The Bertz CT molecular complexity index is 246. The van der Waals surface area contributed by atoms with E-state index >= 15 is 0 Å². The van der Waals surface area contributed by atoms with Crippen molar-refractivity contribution < 1.29 is 14.3 Å². The van der Waals surface area contributed by atoms with Gasteiger partial charge in [-0.05, 0) is 19.3 Å². The van der Waals surface area contributed by atoms with Gasteiger partial charge in [-0.15, -0.1) is 0 Å². The molecule has 0 aromatic heterocycles. The number of rotatable bonds is 3. The number of carbonyl (C=O) groups excluding carboxylic acids is 1. The van der Waals surface area contributed by atoms with E-state index in [4.69, 9.17) is 15.2 Å². The first kappa shape index (κ1) is 11.7. The van der Waals surface area contributed by atoms with Gasteiger partial charge in [0, 0.05) is 6.61 Å². The zero-order valence-corrected chi connectivity index (χ0v) is 9.54. The maximum atomic E-state index is 11.5. The Morgan fingerprint density at radius 2 is 2.25 bits per heavy atom. The van der Waals surface area contributed by atoms with Gasteiger partial charge in [-0.3, -0.25) is 0 Å². The average Bonchev–Trinajstić information content (AvgIpc) is 2.88. The van der Waals surface area contributed by atoms with Crippen molar-refractivity contribution in [3.63, 3.8) is 0 Å². The van der Waals surface area contributed by atoms with Crippen LogP contribution in [-0.2, 0) is 9.47 Å². The molecule has 0 spiro atoms. The van der Waals surface area contributed by atoms with E-state index in [0.717, 1.165) is 32.1 Å². The lowest BCUT2D eigenvalue weighted by Gasteiger charge is -2.23. The standard InChI is InChI=1S/C11H20N2O3/c12-11(4-1-2-5-11)8-16-10(14)13-9-3-6-15-7-9/h9H,1-8,12H2,(H,13,14). The third-order valence-corrected chi connectivity index (χ3v) is 3.34. The molecular formula is C11H20N2O3. The number of hydrogen-bond acceptors (Lipinski definition) is 4. The van der Waals surface area contributed by atoms with E-state index in [2.05, 4.69) is 5.32 Å². The van der Waals surface area contributed by atoms with E-state index in [-0.39, 0.29) is 17.7 Å². The van der Waals surface area contributed by atoms with Gasteiger partial charge in [-0.25, -0.2) is 4.79 Å². The molecule has 1 aliphatic heterocycles. The fraction of sp³-hybridized carbons (Fsp3) is 0.909. The summed E-state index contributed by atoms with van der Waals surface area (Å²) in [7, 11) is 0. The molecule has 1 unspecified atom stereocenters. The molecule has 16 heavy (non-hydrogen) atoms. The van der Waals surface area contributed by atoms with Crippen LogP contribution in [0.1, 0.15) is 32.1 Å². The lowest BCUT2D eigenvalue weighted by atomic mass is 10.0. The highest BCUT2D eigenvalue weighted by Crippen LogP contribution is 2.27. The summed E-state index contributed by atoms with van der Waals surface area (Å²) in [6.07, 6.45) is 4.67. The molecule has 0 radical (unpaired) electrons. The molecule has 1 heterocycles. The summed E-state index contributed by atoms with van der Waals surface area (Å²) in [5, 5.41) is 2.78. The molecule has 2 fully saturated rings. The lowest BCUT2D eigenvalue weighted by Crippen LogP contribution is -2.44. The number of alkyl carbamates (subject to hydrolysis) is 1. The molecular weight excluding hydrogens is 208 g/mol. The van der Waals surface area contributed by atoms with Gasteiger partial charge in [0.15, 0.2) is 0 Å². The zero-order valence-electron chi connectivity index (χ0n) is 9.54. The predicted molar refractivity (Wildman–Crippen MR) is 59.1 cm³/mol. The molecule has 1 aliphatic carbocycles. The van der Waals surface area contributed by atoms with Crippen LogP contribution in [0, 0.1) is 0 Å². The molecule has 1 amide bonds. The molecule has 92 valence electrons. The van der Waals surface area contributed by atoms with E-state index in [1.54, 1.807) is 0 Å². The largest absolute Gasteiger partial charge is 0.448 e. The normalized spacial score (nSPS) is 27.9. The van der Waals surface area contributed by atoms with Gasteiger partial charge in [-0.1, -0.05) is 12.8 Å². The van der Waals surface area contributed by atoms with Crippen LogP contribution in [0.4, 0.5) is 4.79 Å². The second-order valence-corrected chi connectivity index (χ2v) is 4.85. The highest BCUT2D eigenvalue weighted by molar-refractivity contribution is 5.67. The van der Waals surface area contributed by atoms with E-state index in [1.807, 2.05) is 0 Å². The molecule has 1 saturated heterocycles.